The molecule has 0 aromatic heterocycles. The van der Waals surface area contributed by atoms with Crippen molar-refractivity contribution >= 4 is 11.6 Å². The molecule has 1 aliphatic carbocycles. The number of ether oxygens (including phenoxy) is 1. The van der Waals surface area contributed by atoms with Crippen LogP contribution in [0.3, 0.4) is 0 Å². The van der Waals surface area contributed by atoms with Gasteiger partial charge < -0.3 is 15.4 Å². The maximum atomic E-state index is 12.2. The quantitative estimate of drug-likeness (QED) is 0.762. The van der Waals surface area contributed by atoms with E-state index in [1.165, 1.54) is 22.3 Å². The highest BCUT2D eigenvalue weighted by atomic mass is 16.5. The molecule has 1 heterocycles. The normalized spacial score (nSPS) is 19.4. The molecule has 1 amide bonds. The molecule has 2 aromatic rings. The molecule has 2 aromatic carbocycles. The standard InChI is InChI=1S/C18H18N2O2/c21-18(17-11-22-8-7-19-17)20-14-5-6-16-13(10-14)9-12-3-1-2-4-15(12)16/h1-6,10,17,19H,7-9,11H2,(H,20,21). The summed E-state index contributed by atoms with van der Waals surface area (Å²) >= 11 is 0. The van der Waals surface area contributed by atoms with E-state index in [2.05, 4.69) is 47.0 Å². The minimum absolute atomic E-state index is 0.0323. The Morgan fingerprint density at radius 3 is 2.86 bits per heavy atom. The molecule has 1 saturated heterocycles. The topological polar surface area (TPSA) is 50.4 Å². The SMILES string of the molecule is O=C(Nc1ccc2c(c1)Cc1ccccc1-2)C1COCCN1. The Morgan fingerprint density at radius 2 is 2.00 bits per heavy atom. The summed E-state index contributed by atoms with van der Waals surface area (Å²) in [5, 5.41) is 6.16. The van der Waals surface area contributed by atoms with Crippen LogP contribution in [0, 0.1) is 0 Å². The van der Waals surface area contributed by atoms with Gasteiger partial charge in [-0.15, -0.1) is 0 Å². The molecule has 2 N–H and O–H groups in total. The second-order valence-corrected chi connectivity index (χ2v) is 5.78. The third-order valence-electron chi connectivity index (χ3n) is 4.30. The van der Waals surface area contributed by atoms with Crippen LogP contribution in [0.2, 0.25) is 0 Å². The van der Waals surface area contributed by atoms with Gasteiger partial charge in [0.2, 0.25) is 5.91 Å². The van der Waals surface area contributed by atoms with Gasteiger partial charge >= 0.3 is 0 Å². The molecule has 1 unspecified atom stereocenters. The van der Waals surface area contributed by atoms with E-state index in [0.29, 0.717) is 13.2 Å². The predicted octanol–water partition coefficient (Wildman–Crippen LogP) is 2.18. The van der Waals surface area contributed by atoms with Gasteiger partial charge in [-0.3, -0.25) is 4.79 Å². The zero-order valence-electron chi connectivity index (χ0n) is 12.3. The van der Waals surface area contributed by atoms with Crippen molar-refractivity contribution in [1.29, 1.82) is 0 Å². The molecule has 4 heteroatoms. The Labute approximate surface area is 129 Å². The number of carbonyl (C=O) groups excluding carboxylic acids is 1. The van der Waals surface area contributed by atoms with Crippen molar-refractivity contribution in [3.05, 3.63) is 53.6 Å². The Morgan fingerprint density at radius 1 is 1.14 bits per heavy atom. The first-order valence-electron chi connectivity index (χ1n) is 7.64. The van der Waals surface area contributed by atoms with Gasteiger partial charge in [0.25, 0.3) is 0 Å². The summed E-state index contributed by atoms with van der Waals surface area (Å²) in [7, 11) is 0. The third kappa shape index (κ3) is 2.40. The number of hydrogen-bond donors (Lipinski definition) is 2. The van der Waals surface area contributed by atoms with Crippen molar-refractivity contribution in [1.82, 2.24) is 5.32 Å². The van der Waals surface area contributed by atoms with Gasteiger partial charge in [0.05, 0.1) is 13.2 Å². The summed E-state index contributed by atoms with van der Waals surface area (Å²) in [5.74, 6) is -0.0323. The Kier molecular flexibility index (Phi) is 3.41. The average molecular weight is 294 g/mol. The lowest BCUT2D eigenvalue weighted by Crippen LogP contribution is -2.48. The number of benzene rings is 2. The van der Waals surface area contributed by atoms with Gasteiger partial charge in [0.1, 0.15) is 6.04 Å². The molecule has 0 bridgehead atoms. The van der Waals surface area contributed by atoms with Crippen molar-refractivity contribution in [3.63, 3.8) is 0 Å². The van der Waals surface area contributed by atoms with Crippen molar-refractivity contribution in [2.75, 3.05) is 25.1 Å². The number of hydrogen-bond acceptors (Lipinski definition) is 3. The second kappa shape index (κ2) is 5.55. The number of anilines is 1. The van der Waals surface area contributed by atoms with E-state index < -0.39 is 0 Å². The predicted molar refractivity (Wildman–Crippen MR) is 85.9 cm³/mol. The molecule has 4 nitrogen and oxygen atoms in total. The van der Waals surface area contributed by atoms with Crippen LogP contribution >= 0.6 is 0 Å². The third-order valence-corrected chi connectivity index (χ3v) is 4.30. The van der Waals surface area contributed by atoms with Crippen molar-refractivity contribution in [2.45, 2.75) is 12.5 Å². The highest BCUT2D eigenvalue weighted by Crippen LogP contribution is 2.37. The van der Waals surface area contributed by atoms with E-state index in [-0.39, 0.29) is 11.9 Å². The second-order valence-electron chi connectivity index (χ2n) is 5.78. The van der Waals surface area contributed by atoms with E-state index in [0.717, 1.165) is 18.7 Å². The maximum Gasteiger partial charge on any atom is 0.243 e. The van der Waals surface area contributed by atoms with Crippen LogP contribution < -0.4 is 10.6 Å². The fourth-order valence-electron chi connectivity index (χ4n) is 3.19. The number of nitrogens with one attached hydrogen (secondary N) is 2. The summed E-state index contributed by atoms with van der Waals surface area (Å²) in [6, 6.07) is 14.3. The molecule has 22 heavy (non-hydrogen) atoms. The van der Waals surface area contributed by atoms with E-state index >= 15 is 0 Å². The molecule has 0 spiro atoms. The lowest BCUT2D eigenvalue weighted by atomic mass is 10.1. The molecular formula is C18H18N2O2. The largest absolute Gasteiger partial charge is 0.378 e. The number of rotatable bonds is 2. The van der Waals surface area contributed by atoms with E-state index in [9.17, 15) is 4.79 Å². The summed E-state index contributed by atoms with van der Waals surface area (Å²) in [4.78, 5) is 12.2. The Bertz CT molecular complexity index is 721. The Balaban J connectivity index is 1.53. The van der Waals surface area contributed by atoms with Gasteiger partial charge in [-0.2, -0.15) is 0 Å². The number of carbonyl (C=O) groups is 1. The zero-order valence-corrected chi connectivity index (χ0v) is 12.3. The lowest BCUT2D eigenvalue weighted by Gasteiger charge is -2.23. The highest BCUT2D eigenvalue weighted by molar-refractivity contribution is 5.95. The molecule has 1 atom stereocenters. The minimum Gasteiger partial charge on any atom is -0.378 e. The van der Waals surface area contributed by atoms with Gasteiger partial charge in [-0.1, -0.05) is 30.3 Å². The summed E-state index contributed by atoms with van der Waals surface area (Å²) in [6.07, 6.45) is 0.931. The molecule has 2 aliphatic rings. The van der Waals surface area contributed by atoms with Crippen LogP contribution in [0.4, 0.5) is 5.69 Å². The van der Waals surface area contributed by atoms with Gasteiger partial charge in [0.15, 0.2) is 0 Å². The van der Waals surface area contributed by atoms with Gasteiger partial charge in [-0.25, -0.2) is 0 Å². The van der Waals surface area contributed by atoms with Gasteiger partial charge in [0, 0.05) is 12.2 Å². The maximum absolute atomic E-state index is 12.2. The first kappa shape index (κ1) is 13.5. The molecule has 4 rings (SSSR count). The number of amides is 1. The summed E-state index contributed by atoms with van der Waals surface area (Å²) in [5.41, 5.74) is 6.05. The van der Waals surface area contributed by atoms with E-state index in [4.69, 9.17) is 4.74 Å². The molecule has 0 saturated carbocycles. The van der Waals surface area contributed by atoms with Crippen molar-refractivity contribution in [3.8, 4) is 11.1 Å². The monoisotopic (exact) mass is 294 g/mol. The van der Waals surface area contributed by atoms with Crippen molar-refractivity contribution in [2.24, 2.45) is 0 Å². The highest BCUT2D eigenvalue weighted by Gasteiger charge is 2.22. The zero-order chi connectivity index (χ0) is 14.9. The summed E-state index contributed by atoms with van der Waals surface area (Å²) < 4.78 is 5.33. The molecule has 1 aliphatic heterocycles. The minimum atomic E-state index is -0.265. The molecule has 0 radical (unpaired) electrons. The van der Waals surface area contributed by atoms with Crippen LogP contribution in [0.5, 0.6) is 0 Å². The Hall–Kier alpha value is -2.17. The lowest BCUT2D eigenvalue weighted by molar-refractivity contribution is -0.120. The molecule has 1 fully saturated rings. The average Bonchev–Trinajstić information content (AvgIpc) is 2.93. The van der Waals surface area contributed by atoms with Gasteiger partial charge in [-0.05, 0) is 40.8 Å². The first-order valence-corrected chi connectivity index (χ1v) is 7.64. The molecular weight excluding hydrogens is 276 g/mol. The van der Waals surface area contributed by atoms with Crippen LogP contribution in [-0.4, -0.2) is 31.7 Å². The molecule has 112 valence electrons. The number of morpholine rings is 1. The van der Waals surface area contributed by atoms with Crippen LogP contribution in [0.1, 0.15) is 11.1 Å². The summed E-state index contributed by atoms with van der Waals surface area (Å²) in [6.45, 7) is 1.82. The van der Waals surface area contributed by atoms with E-state index in [1.54, 1.807) is 0 Å². The fraction of sp³-hybridized carbons (Fsp3) is 0.278. The van der Waals surface area contributed by atoms with Crippen LogP contribution in [0.15, 0.2) is 42.5 Å². The van der Waals surface area contributed by atoms with Crippen LogP contribution in [-0.2, 0) is 16.0 Å². The fourth-order valence-corrected chi connectivity index (χ4v) is 3.19. The van der Waals surface area contributed by atoms with E-state index in [1.807, 2.05) is 6.07 Å². The smallest absolute Gasteiger partial charge is 0.243 e. The van der Waals surface area contributed by atoms with Crippen molar-refractivity contribution < 1.29 is 9.53 Å². The first-order chi connectivity index (χ1) is 10.8. The number of fused-ring (bicyclic) bond motifs is 3. The van der Waals surface area contributed by atoms with Crippen LogP contribution in [0.25, 0.3) is 11.1 Å².